The zero-order valence-electron chi connectivity index (χ0n) is 31.2. The van der Waals surface area contributed by atoms with E-state index in [1.165, 1.54) is 24.1 Å². The highest BCUT2D eigenvalue weighted by molar-refractivity contribution is 5.97. The van der Waals surface area contributed by atoms with Gasteiger partial charge in [0.15, 0.2) is 18.8 Å². The van der Waals surface area contributed by atoms with Crippen LogP contribution in [0.3, 0.4) is 0 Å². The van der Waals surface area contributed by atoms with Crippen molar-refractivity contribution < 1.29 is 47.9 Å². The van der Waals surface area contributed by atoms with Crippen LogP contribution in [-0.2, 0) is 40.0 Å². The van der Waals surface area contributed by atoms with Crippen LogP contribution in [0.4, 0.5) is 5.69 Å². The average Bonchev–Trinajstić information content (AvgIpc) is 3.59. The SMILES string of the molecule is CN(C(=O)[C@@H](N)CCC(N)=O)c1ccc(OCC(=O)N[C@@H](CC(N)=O)C(=O)N[C@@H](Cc2ccccc2)[C@H](O)C(=O)[N+]2(C(C)(C)C)CCC[C@H]2C(N)=O)cc1. The van der Waals surface area contributed by atoms with Crippen molar-refractivity contribution in [2.45, 2.75) is 95.1 Å². The third kappa shape index (κ3) is 10.8. The number of hydrogen-bond donors (Lipinski definition) is 7. The Labute approximate surface area is 314 Å². The summed E-state index contributed by atoms with van der Waals surface area (Å²) in [7, 11) is 1.51. The van der Waals surface area contributed by atoms with Gasteiger partial charge in [-0.05, 0) is 63.4 Å². The van der Waals surface area contributed by atoms with Crippen molar-refractivity contribution in [1.82, 2.24) is 10.6 Å². The first kappa shape index (κ1) is 43.0. The molecule has 3 rings (SSSR count). The van der Waals surface area contributed by atoms with Crippen LogP contribution in [0.15, 0.2) is 54.6 Å². The van der Waals surface area contributed by atoms with E-state index in [2.05, 4.69) is 10.6 Å². The van der Waals surface area contributed by atoms with Crippen molar-refractivity contribution in [2.75, 3.05) is 25.1 Å². The fourth-order valence-corrected chi connectivity index (χ4v) is 6.83. The molecule has 11 N–H and O–H groups in total. The summed E-state index contributed by atoms with van der Waals surface area (Å²) in [6, 6.07) is 10.3. The lowest BCUT2D eigenvalue weighted by atomic mass is 9.93. The van der Waals surface area contributed by atoms with E-state index >= 15 is 0 Å². The molecule has 294 valence electrons. The summed E-state index contributed by atoms with van der Waals surface area (Å²) in [5, 5.41) is 16.8. The van der Waals surface area contributed by atoms with Gasteiger partial charge in [-0.2, -0.15) is 0 Å². The Morgan fingerprint density at radius 2 is 1.57 bits per heavy atom. The molecule has 1 heterocycles. The molecule has 2 aromatic rings. The Morgan fingerprint density at radius 3 is 2.13 bits per heavy atom. The molecule has 0 bridgehead atoms. The number of anilines is 1. The van der Waals surface area contributed by atoms with Gasteiger partial charge < -0.3 is 48.3 Å². The first-order valence-corrected chi connectivity index (χ1v) is 17.6. The van der Waals surface area contributed by atoms with E-state index in [-0.39, 0.29) is 31.6 Å². The minimum absolute atomic E-state index is 0.0126. The molecule has 1 unspecified atom stereocenters. The largest absolute Gasteiger partial charge is 0.484 e. The van der Waals surface area contributed by atoms with E-state index in [0.29, 0.717) is 24.1 Å². The maximum Gasteiger partial charge on any atom is 0.345 e. The fraction of sp³-hybridized carbons (Fsp3) is 0.486. The van der Waals surface area contributed by atoms with E-state index in [4.69, 9.17) is 27.7 Å². The van der Waals surface area contributed by atoms with Crippen LogP contribution < -0.4 is 43.2 Å². The Bertz CT molecular complexity index is 1680. The van der Waals surface area contributed by atoms with Gasteiger partial charge in [0, 0.05) is 32.0 Å². The number of likely N-dealkylation sites (tertiary alicyclic amines) is 1. The number of rotatable bonds is 18. The summed E-state index contributed by atoms with van der Waals surface area (Å²) in [6.07, 6.45) is -1.52. The van der Waals surface area contributed by atoms with Crippen LogP contribution >= 0.6 is 0 Å². The molecule has 0 aliphatic carbocycles. The van der Waals surface area contributed by atoms with Gasteiger partial charge in [0.2, 0.25) is 23.6 Å². The van der Waals surface area contributed by atoms with Crippen molar-refractivity contribution in [2.24, 2.45) is 22.9 Å². The number of quaternary nitrogens is 1. The van der Waals surface area contributed by atoms with Gasteiger partial charge in [-0.3, -0.25) is 28.8 Å². The molecule has 1 saturated heterocycles. The number of likely N-dealkylation sites (N-methyl/N-ethyl adjacent to an activating group) is 1. The number of aliphatic hydroxyl groups is 1. The van der Waals surface area contributed by atoms with E-state index in [9.17, 15) is 38.7 Å². The maximum atomic E-state index is 14.3. The number of carbonyl (C=O) groups is 7. The fourth-order valence-electron chi connectivity index (χ4n) is 6.83. The Morgan fingerprint density at radius 1 is 0.944 bits per heavy atom. The number of nitrogens with zero attached hydrogens (tertiary/aromatic N) is 2. The highest BCUT2D eigenvalue weighted by Crippen LogP contribution is 2.38. The second kappa shape index (κ2) is 18.6. The van der Waals surface area contributed by atoms with E-state index in [1.54, 1.807) is 63.2 Å². The van der Waals surface area contributed by atoms with Gasteiger partial charge in [-0.1, -0.05) is 30.3 Å². The predicted octanol–water partition coefficient (Wildman–Crippen LogP) is -1.14. The molecule has 6 atom stereocenters. The summed E-state index contributed by atoms with van der Waals surface area (Å²) in [5.41, 5.74) is 22.5. The molecule has 7 amide bonds. The molecule has 1 aliphatic heterocycles. The van der Waals surface area contributed by atoms with Gasteiger partial charge in [0.05, 0.1) is 30.6 Å². The molecule has 17 heteroatoms. The molecule has 54 heavy (non-hydrogen) atoms. The lowest BCUT2D eigenvalue weighted by Gasteiger charge is -2.47. The van der Waals surface area contributed by atoms with Gasteiger partial charge in [0.1, 0.15) is 11.8 Å². The highest BCUT2D eigenvalue weighted by Gasteiger charge is 2.60. The topological polar surface area (TPSA) is 280 Å². The second-order valence-electron chi connectivity index (χ2n) is 14.5. The molecule has 0 saturated carbocycles. The predicted molar refractivity (Wildman–Crippen MR) is 198 cm³/mol. The molecule has 1 aliphatic rings. The first-order valence-electron chi connectivity index (χ1n) is 17.6. The summed E-state index contributed by atoms with van der Waals surface area (Å²) < 4.78 is 5.14. The maximum absolute atomic E-state index is 14.3. The number of nitrogens with one attached hydrogen (secondary N) is 2. The molecule has 0 radical (unpaired) electrons. The molecule has 2 aromatic carbocycles. The number of carbonyl (C=O) groups excluding carboxylic acids is 7. The Balaban J connectivity index is 1.75. The van der Waals surface area contributed by atoms with Crippen LogP contribution in [0.5, 0.6) is 5.75 Å². The summed E-state index contributed by atoms with van der Waals surface area (Å²) in [6.45, 7) is 5.02. The second-order valence-corrected chi connectivity index (χ2v) is 14.5. The van der Waals surface area contributed by atoms with Crippen molar-refractivity contribution in [3.05, 3.63) is 60.2 Å². The molecule has 0 aromatic heterocycles. The number of amides is 7. The van der Waals surface area contributed by atoms with Gasteiger partial charge in [0.25, 0.3) is 11.8 Å². The quantitative estimate of drug-likeness (QED) is 0.0899. The van der Waals surface area contributed by atoms with Crippen molar-refractivity contribution in [1.29, 1.82) is 0 Å². The smallest absolute Gasteiger partial charge is 0.345 e. The third-order valence-corrected chi connectivity index (χ3v) is 9.70. The van der Waals surface area contributed by atoms with Crippen molar-refractivity contribution in [3.63, 3.8) is 0 Å². The number of benzene rings is 2. The molecule has 0 spiro atoms. The number of primary amides is 3. The molecular formula is C37H53N8O9+. The van der Waals surface area contributed by atoms with Gasteiger partial charge in [-0.25, -0.2) is 9.28 Å². The summed E-state index contributed by atoms with van der Waals surface area (Å²) in [4.78, 5) is 90.6. The standard InChI is InChI=1S/C37H52N8O9/c1-37(2,3)45(18-8-11-28(45)33(41)50)36(53)32(49)26(19-22-9-6-5-7-10-22)43-34(51)27(20-30(40)47)42-31(48)21-54-24-14-12-23(13-15-24)44(4)35(52)25(38)16-17-29(39)46/h5-7,9-10,12-15,25-28,32,49H,8,11,16-21,38H2,1-4H3,(H7-,39,40,41,42,43,46,47,48,50,51)/p+1/t25-,26-,27-,28-,32-,45?/m0/s1. The zero-order valence-corrected chi connectivity index (χ0v) is 31.2. The number of hydrogen-bond acceptors (Lipinski definition) is 10. The van der Waals surface area contributed by atoms with Crippen molar-refractivity contribution >= 4 is 47.0 Å². The third-order valence-electron chi connectivity index (χ3n) is 9.70. The summed E-state index contributed by atoms with van der Waals surface area (Å²) >= 11 is 0. The minimum Gasteiger partial charge on any atom is -0.484 e. The average molecular weight is 754 g/mol. The van der Waals surface area contributed by atoms with Crippen LogP contribution in [0.25, 0.3) is 0 Å². The monoisotopic (exact) mass is 753 g/mol. The van der Waals surface area contributed by atoms with Gasteiger partial charge >= 0.3 is 5.91 Å². The Hall–Kier alpha value is -5.39. The minimum atomic E-state index is -1.82. The molecule has 17 nitrogen and oxygen atoms in total. The van der Waals surface area contributed by atoms with E-state index in [1.807, 2.05) is 0 Å². The zero-order chi connectivity index (χ0) is 40.4. The normalized spacial score (nSPS) is 19.0. The van der Waals surface area contributed by atoms with Gasteiger partial charge in [-0.15, -0.1) is 0 Å². The van der Waals surface area contributed by atoms with Crippen molar-refractivity contribution in [3.8, 4) is 5.75 Å². The lowest BCUT2D eigenvalue weighted by molar-refractivity contribution is -0.904. The summed E-state index contributed by atoms with van der Waals surface area (Å²) in [5.74, 6) is -4.72. The molecule has 1 fully saturated rings. The number of ether oxygens (including phenoxy) is 1. The van der Waals surface area contributed by atoms with E-state index in [0.717, 1.165) is 0 Å². The van der Waals surface area contributed by atoms with Crippen LogP contribution in [-0.4, -0.2) is 107 Å². The number of aliphatic hydroxyl groups excluding tert-OH is 1. The van der Waals surface area contributed by atoms with Crippen LogP contribution in [0.1, 0.15) is 58.4 Å². The van der Waals surface area contributed by atoms with Crippen LogP contribution in [0, 0.1) is 0 Å². The first-order chi connectivity index (χ1) is 25.3. The Kier molecular flexibility index (Phi) is 14.8. The number of nitrogens with two attached hydrogens (primary N) is 4. The van der Waals surface area contributed by atoms with Crippen LogP contribution in [0.2, 0.25) is 0 Å². The molecular weight excluding hydrogens is 700 g/mol. The van der Waals surface area contributed by atoms with E-state index < -0.39 is 94.7 Å². The highest BCUT2D eigenvalue weighted by atomic mass is 16.5. The lowest BCUT2D eigenvalue weighted by Crippen LogP contribution is -2.72.